The fourth-order valence-electron chi connectivity index (χ4n) is 1.71. The molecule has 19 heavy (non-hydrogen) atoms. The summed E-state index contributed by atoms with van der Waals surface area (Å²) in [5.41, 5.74) is 1.63. The predicted octanol–water partition coefficient (Wildman–Crippen LogP) is 2.19. The standard InChI is InChI=1S/C15H25N3O/c1-4-10-16-14-9-7-6-8-13(14)15(19)17-11-12-18(3)5-2/h6-9,16H,4-5,10-12H2,1-3H3,(H,17,19). The Morgan fingerprint density at radius 3 is 2.63 bits per heavy atom. The first-order valence-corrected chi connectivity index (χ1v) is 6.98. The van der Waals surface area contributed by atoms with E-state index >= 15 is 0 Å². The van der Waals surface area contributed by atoms with Crippen molar-refractivity contribution in [3.63, 3.8) is 0 Å². The van der Waals surface area contributed by atoms with Crippen molar-refractivity contribution in [3.05, 3.63) is 29.8 Å². The van der Waals surface area contributed by atoms with Gasteiger partial charge in [0, 0.05) is 25.3 Å². The average Bonchev–Trinajstić information content (AvgIpc) is 2.45. The van der Waals surface area contributed by atoms with E-state index in [9.17, 15) is 4.79 Å². The zero-order chi connectivity index (χ0) is 14.1. The summed E-state index contributed by atoms with van der Waals surface area (Å²) in [6.45, 7) is 7.62. The number of carbonyl (C=O) groups excluding carboxylic acids is 1. The van der Waals surface area contributed by atoms with Crippen LogP contribution < -0.4 is 10.6 Å². The Kier molecular flexibility index (Phi) is 6.97. The van der Waals surface area contributed by atoms with Crippen LogP contribution in [-0.2, 0) is 0 Å². The van der Waals surface area contributed by atoms with Gasteiger partial charge in [0.15, 0.2) is 0 Å². The Balaban J connectivity index is 2.55. The maximum absolute atomic E-state index is 12.1. The van der Waals surface area contributed by atoms with E-state index in [4.69, 9.17) is 0 Å². The van der Waals surface area contributed by atoms with Crippen LogP contribution in [0.1, 0.15) is 30.6 Å². The summed E-state index contributed by atoms with van der Waals surface area (Å²) in [4.78, 5) is 14.3. The molecule has 0 aliphatic carbocycles. The summed E-state index contributed by atoms with van der Waals surface area (Å²) in [7, 11) is 2.04. The molecular weight excluding hydrogens is 238 g/mol. The van der Waals surface area contributed by atoms with Gasteiger partial charge in [-0.05, 0) is 32.1 Å². The van der Waals surface area contributed by atoms with Crippen molar-refractivity contribution in [2.24, 2.45) is 0 Å². The van der Waals surface area contributed by atoms with Crippen molar-refractivity contribution in [2.45, 2.75) is 20.3 Å². The molecule has 0 bridgehead atoms. The number of likely N-dealkylation sites (N-methyl/N-ethyl adjacent to an activating group) is 1. The Hall–Kier alpha value is -1.55. The van der Waals surface area contributed by atoms with Crippen LogP contribution in [0.2, 0.25) is 0 Å². The third-order valence-electron chi connectivity index (χ3n) is 3.06. The lowest BCUT2D eigenvalue weighted by atomic mass is 10.1. The summed E-state index contributed by atoms with van der Waals surface area (Å²) in [6.07, 6.45) is 1.04. The summed E-state index contributed by atoms with van der Waals surface area (Å²) in [5, 5.41) is 6.24. The van der Waals surface area contributed by atoms with Crippen molar-refractivity contribution < 1.29 is 4.79 Å². The molecule has 0 fully saturated rings. The number of amides is 1. The summed E-state index contributed by atoms with van der Waals surface area (Å²) < 4.78 is 0. The molecule has 1 aromatic rings. The van der Waals surface area contributed by atoms with Crippen LogP contribution in [0.5, 0.6) is 0 Å². The van der Waals surface area contributed by atoms with E-state index in [-0.39, 0.29) is 5.91 Å². The van der Waals surface area contributed by atoms with Crippen molar-refractivity contribution in [2.75, 3.05) is 38.5 Å². The summed E-state index contributed by atoms with van der Waals surface area (Å²) >= 11 is 0. The van der Waals surface area contributed by atoms with E-state index in [1.807, 2.05) is 31.3 Å². The third kappa shape index (κ3) is 5.30. The molecule has 4 nitrogen and oxygen atoms in total. The van der Waals surface area contributed by atoms with Gasteiger partial charge in [0.25, 0.3) is 5.91 Å². The number of anilines is 1. The molecule has 106 valence electrons. The number of hydrogen-bond donors (Lipinski definition) is 2. The number of benzene rings is 1. The van der Waals surface area contributed by atoms with Gasteiger partial charge in [-0.1, -0.05) is 26.0 Å². The van der Waals surface area contributed by atoms with Gasteiger partial charge in [0.1, 0.15) is 0 Å². The monoisotopic (exact) mass is 263 g/mol. The van der Waals surface area contributed by atoms with E-state index in [1.54, 1.807) is 0 Å². The van der Waals surface area contributed by atoms with Gasteiger partial charge in [0.05, 0.1) is 5.56 Å². The van der Waals surface area contributed by atoms with Crippen LogP contribution in [0, 0.1) is 0 Å². The minimum Gasteiger partial charge on any atom is -0.384 e. The van der Waals surface area contributed by atoms with Gasteiger partial charge >= 0.3 is 0 Å². The highest BCUT2D eigenvalue weighted by molar-refractivity contribution is 5.99. The molecule has 0 spiro atoms. The molecule has 0 saturated heterocycles. The van der Waals surface area contributed by atoms with Crippen LogP contribution in [0.15, 0.2) is 24.3 Å². The van der Waals surface area contributed by atoms with Gasteiger partial charge in [0.2, 0.25) is 0 Å². The molecule has 2 N–H and O–H groups in total. The lowest BCUT2D eigenvalue weighted by Gasteiger charge is -2.15. The van der Waals surface area contributed by atoms with Crippen LogP contribution in [0.25, 0.3) is 0 Å². The maximum Gasteiger partial charge on any atom is 0.253 e. The van der Waals surface area contributed by atoms with E-state index in [2.05, 4.69) is 29.4 Å². The zero-order valence-corrected chi connectivity index (χ0v) is 12.2. The molecule has 1 amide bonds. The normalized spacial score (nSPS) is 10.5. The van der Waals surface area contributed by atoms with Crippen LogP contribution in [0.4, 0.5) is 5.69 Å². The smallest absolute Gasteiger partial charge is 0.253 e. The highest BCUT2D eigenvalue weighted by atomic mass is 16.1. The molecule has 0 radical (unpaired) electrons. The molecule has 0 aliphatic heterocycles. The van der Waals surface area contributed by atoms with Gasteiger partial charge in [-0.3, -0.25) is 4.79 Å². The number of carbonyl (C=O) groups is 1. The minimum absolute atomic E-state index is 0.0105. The SMILES string of the molecule is CCCNc1ccccc1C(=O)NCCN(C)CC. The highest BCUT2D eigenvalue weighted by Crippen LogP contribution is 2.14. The molecule has 0 heterocycles. The van der Waals surface area contributed by atoms with E-state index in [0.29, 0.717) is 6.54 Å². The summed E-state index contributed by atoms with van der Waals surface area (Å²) in [6, 6.07) is 7.64. The molecule has 0 aliphatic rings. The fraction of sp³-hybridized carbons (Fsp3) is 0.533. The molecule has 0 saturated carbocycles. The average molecular weight is 263 g/mol. The molecular formula is C15H25N3O. The number of nitrogens with zero attached hydrogens (tertiary/aromatic N) is 1. The van der Waals surface area contributed by atoms with E-state index < -0.39 is 0 Å². The molecule has 0 atom stereocenters. The van der Waals surface area contributed by atoms with Gasteiger partial charge < -0.3 is 15.5 Å². The minimum atomic E-state index is -0.0105. The first-order chi connectivity index (χ1) is 9.19. The first-order valence-electron chi connectivity index (χ1n) is 6.98. The van der Waals surface area contributed by atoms with E-state index in [0.717, 1.165) is 37.3 Å². The number of hydrogen-bond acceptors (Lipinski definition) is 3. The Morgan fingerprint density at radius 1 is 1.21 bits per heavy atom. The summed E-state index contributed by atoms with van der Waals surface area (Å²) in [5.74, 6) is -0.0105. The lowest BCUT2D eigenvalue weighted by molar-refractivity contribution is 0.0951. The third-order valence-corrected chi connectivity index (χ3v) is 3.06. The van der Waals surface area contributed by atoms with Gasteiger partial charge in [-0.25, -0.2) is 0 Å². The second kappa shape index (κ2) is 8.53. The van der Waals surface area contributed by atoms with Crippen molar-refractivity contribution in [1.29, 1.82) is 0 Å². The largest absolute Gasteiger partial charge is 0.384 e. The first kappa shape index (κ1) is 15.5. The number of nitrogens with one attached hydrogen (secondary N) is 2. The Morgan fingerprint density at radius 2 is 1.95 bits per heavy atom. The van der Waals surface area contributed by atoms with Crippen LogP contribution in [0.3, 0.4) is 0 Å². The predicted molar refractivity (Wildman–Crippen MR) is 80.7 cm³/mol. The highest BCUT2D eigenvalue weighted by Gasteiger charge is 2.09. The van der Waals surface area contributed by atoms with Crippen molar-refractivity contribution >= 4 is 11.6 Å². The van der Waals surface area contributed by atoms with Gasteiger partial charge in [-0.2, -0.15) is 0 Å². The van der Waals surface area contributed by atoms with Gasteiger partial charge in [-0.15, -0.1) is 0 Å². The zero-order valence-electron chi connectivity index (χ0n) is 12.2. The molecule has 4 heteroatoms. The number of para-hydroxylation sites is 1. The van der Waals surface area contributed by atoms with Crippen molar-refractivity contribution in [1.82, 2.24) is 10.2 Å². The van der Waals surface area contributed by atoms with Crippen LogP contribution in [-0.4, -0.2) is 44.0 Å². The fourth-order valence-corrected chi connectivity index (χ4v) is 1.71. The quantitative estimate of drug-likeness (QED) is 0.755. The Bertz CT molecular complexity index is 393. The topological polar surface area (TPSA) is 44.4 Å². The van der Waals surface area contributed by atoms with E-state index in [1.165, 1.54) is 0 Å². The number of rotatable bonds is 8. The lowest BCUT2D eigenvalue weighted by Crippen LogP contribution is -2.33. The Labute approximate surface area is 116 Å². The maximum atomic E-state index is 12.1. The second-order valence-corrected chi connectivity index (χ2v) is 4.62. The molecule has 1 rings (SSSR count). The second-order valence-electron chi connectivity index (χ2n) is 4.62. The molecule has 0 unspecified atom stereocenters. The van der Waals surface area contributed by atoms with Crippen molar-refractivity contribution in [3.8, 4) is 0 Å². The molecule has 0 aromatic heterocycles. The molecule has 1 aromatic carbocycles. The van der Waals surface area contributed by atoms with Crippen LogP contribution >= 0.6 is 0 Å².